The number of sulfonamides is 1. The van der Waals surface area contributed by atoms with E-state index in [4.69, 9.17) is 4.42 Å². The maximum atomic E-state index is 13.9. The molecular weight excluding hydrogens is 497 g/mol. The SMILES string of the molecule is Cc1cc(C)c(S(=O)(=O)N(CCc2csc3nc(-c4ccc(F)cc4)cn23)Cc2ccco2)c(C)c1. The number of halogens is 1. The second kappa shape index (κ2) is 9.65. The van der Waals surface area contributed by atoms with Gasteiger partial charge in [-0.05, 0) is 68.3 Å². The summed E-state index contributed by atoms with van der Waals surface area (Å²) in [6.45, 7) is 6.04. The van der Waals surface area contributed by atoms with Crippen LogP contribution in [0.15, 0.2) is 75.7 Å². The van der Waals surface area contributed by atoms with Gasteiger partial charge in [-0.25, -0.2) is 17.8 Å². The summed E-state index contributed by atoms with van der Waals surface area (Å²) in [5.74, 6) is 0.287. The molecule has 0 N–H and O–H groups in total. The first kappa shape index (κ1) is 24.4. The van der Waals surface area contributed by atoms with E-state index < -0.39 is 10.0 Å². The average molecular weight is 524 g/mol. The van der Waals surface area contributed by atoms with Gasteiger partial charge in [-0.1, -0.05) is 17.7 Å². The van der Waals surface area contributed by atoms with Crippen molar-refractivity contribution in [2.24, 2.45) is 0 Å². The minimum absolute atomic E-state index is 0.139. The molecule has 186 valence electrons. The topological polar surface area (TPSA) is 67.8 Å². The molecule has 3 heterocycles. The highest BCUT2D eigenvalue weighted by Crippen LogP contribution is 2.28. The molecule has 5 aromatic rings. The van der Waals surface area contributed by atoms with E-state index in [9.17, 15) is 12.8 Å². The average Bonchev–Trinajstić information content (AvgIpc) is 3.54. The van der Waals surface area contributed by atoms with Crippen molar-refractivity contribution in [2.45, 2.75) is 38.6 Å². The number of nitrogens with zero attached hydrogens (tertiary/aromatic N) is 3. The molecule has 2 aromatic carbocycles. The lowest BCUT2D eigenvalue weighted by molar-refractivity contribution is 0.364. The molecule has 0 fully saturated rings. The second-order valence-corrected chi connectivity index (χ2v) is 11.6. The number of aromatic nitrogens is 2. The van der Waals surface area contributed by atoms with Crippen LogP contribution in [0, 0.1) is 26.6 Å². The summed E-state index contributed by atoms with van der Waals surface area (Å²) < 4.78 is 50.1. The first-order chi connectivity index (χ1) is 17.2. The Kier molecular flexibility index (Phi) is 6.55. The van der Waals surface area contributed by atoms with Gasteiger partial charge in [-0.2, -0.15) is 4.31 Å². The van der Waals surface area contributed by atoms with E-state index in [0.717, 1.165) is 38.6 Å². The minimum atomic E-state index is -3.79. The van der Waals surface area contributed by atoms with Crippen LogP contribution >= 0.6 is 11.3 Å². The van der Waals surface area contributed by atoms with Gasteiger partial charge in [0, 0.05) is 35.8 Å². The largest absolute Gasteiger partial charge is 0.468 e. The summed E-state index contributed by atoms with van der Waals surface area (Å²) in [7, 11) is -3.79. The Morgan fingerprint density at radius 2 is 1.81 bits per heavy atom. The van der Waals surface area contributed by atoms with E-state index >= 15 is 0 Å². The minimum Gasteiger partial charge on any atom is -0.468 e. The number of hydrogen-bond acceptors (Lipinski definition) is 5. The number of fused-ring (bicyclic) bond motifs is 1. The predicted octanol–water partition coefficient (Wildman–Crippen LogP) is 6.15. The van der Waals surface area contributed by atoms with Crippen molar-refractivity contribution in [1.82, 2.24) is 13.7 Å². The number of aryl methyl sites for hydroxylation is 3. The molecule has 0 bridgehead atoms. The number of thiazole rings is 1. The summed E-state index contributed by atoms with van der Waals surface area (Å²) in [5, 5.41) is 2.00. The molecular formula is C27H26FN3O3S2. The first-order valence-corrected chi connectivity index (χ1v) is 13.9. The van der Waals surface area contributed by atoms with Crippen LogP contribution in [0.1, 0.15) is 28.1 Å². The molecule has 0 unspecified atom stereocenters. The van der Waals surface area contributed by atoms with Crippen molar-refractivity contribution in [3.8, 4) is 11.3 Å². The third-order valence-electron chi connectivity index (χ3n) is 6.16. The van der Waals surface area contributed by atoms with Crippen LogP contribution in [-0.4, -0.2) is 28.7 Å². The summed E-state index contributed by atoms with van der Waals surface area (Å²) >= 11 is 1.49. The highest BCUT2D eigenvalue weighted by Gasteiger charge is 2.29. The molecule has 0 saturated carbocycles. The summed E-state index contributed by atoms with van der Waals surface area (Å²) in [4.78, 5) is 5.81. The fraction of sp³-hybridized carbons (Fsp3) is 0.222. The fourth-order valence-corrected chi connectivity index (χ4v) is 7.30. The molecule has 0 aliphatic heterocycles. The lowest BCUT2D eigenvalue weighted by atomic mass is 10.1. The predicted molar refractivity (Wildman–Crippen MR) is 139 cm³/mol. The van der Waals surface area contributed by atoms with Gasteiger partial charge >= 0.3 is 0 Å². The first-order valence-electron chi connectivity index (χ1n) is 11.5. The van der Waals surface area contributed by atoms with Crippen LogP contribution in [0.5, 0.6) is 0 Å². The number of imidazole rings is 1. The number of hydrogen-bond donors (Lipinski definition) is 0. The maximum absolute atomic E-state index is 13.9. The Hall–Kier alpha value is -3.27. The monoisotopic (exact) mass is 523 g/mol. The Bertz CT molecular complexity index is 1600. The molecule has 0 spiro atoms. The molecule has 0 amide bonds. The van der Waals surface area contributed by atoms with Crippen LogP contribution in [0.2, 0.25) is 0 Å². The van der Waals surface area contributed by atoms with Crippen LogP contribution in [0.4, 0.5) is 4.39 Å². The molecule has 0 aliphatic rings. The molecule has 6 nitrogen and oxygen atoms in total. The number of rotatable bonds is 8. The smallest absolute Gasteiger partial charge is 0.244 e. The Morgan fingerprint density at radius 1 is 1.08 bits per heavy atom. The van der Waals surface area contributed by atoms with Gasteiger partial charge in [-0.3, -0.25) is 4.40 Å². The van der Waals surface area contributed by atoms with Crippen molar-refractivity contribution in [1.29, 1.82) is 0 Å². The standard InChI is InChI=1S/C27H26FN3O3S2/c1-18-13-19(2)26(20(3)14-18)36(32,33)30(15-24-5-4-12-34-24)11-10-23-17-35-27-29-25(16-31(23)27)21-6-8-22(28)9-7-21/h4-9,12-14,16-17H,10-11,15H2,1-3H3. The van der Waals surface area contributed by atoms with E-state index in [1.165, 1.54) is 27.8 Å². The van der Waals surface area contributed by atoms with Crippen molar-refractivity contribution >= 4 is 26.3 Å². The summed E-state index contributed by atoms with van der Waals surface area (Å²) in [6.07, 6.45) is 3.95. The third kappa shape index (κ3) is 4.74. The molecule has 3 aromatic heterocycles. The molecule has 0 aliphatic carbocycles. The third-order valence-corrected chi connectivity index (χ3v) is 9.20. The van der Waals surface area contributed by atoms with Gasteiger partial charge in [0.2, 0.25) is 10.0 Å². The van der Waals surface area contributed by atoms with Gasteiger partial charge < -0.3 is 4.42 Å². The van der Waals surface area contributed by atoms with E-state index in [0.29, 0.717) is 17.1 Å². The summed E-state index contributed by atoms with van der Waals surface area (Å²) in [6, 6.07) is 13.6. The zero-order chi connectivity index (χ0) is 25.4. The highest BCUT2D eigenvalue weighted by molar-refractivity contribution is 7.89. The van der Waals surface area contributed by atoms with Crippen molar-refractivity contribution in [2.75, 3.05) is 6.54 Å². The lowest BCUT2D eigenvalue weighted by Crippen LogP contribution is -2.33. The maximum Gasteiger partial charge on any atom is 0.244 e. The van der Waals surface area contributed by atoms with Crippen molar-refractivity contribution in [3.63, 3.8) is 0 Å². The van der Waals surface area contributed by atoms with Crippen molar-refractivity contribution < 1.29 is 17.2 Å². The molecule has 36 heavy (non-hydrogen) atoms. The Morgan fingerprint density at radius 3 is 2.47 bits per heavy atom. The normalized spacial score (nSPS) is 12.1. The van der Waals surface area contributed by atoms with Gasteiger partial charge in [0.25, 0.3) is 0 Å². The van der Waals surface area contributed by atoms with E-state index in [2.05, 4.69) is 4.98 Å². The molecule has 0 radical (unpaired) electrons. The van der Waals surface area contributed by atoms with Crippen LogP contribution in [0.25, 0.3) is 16.2 Å². The van der Waals surface area contributed by atoms with Gasteiger partial charge in [-0.15, -0.1) is 11.3 Å². The zero-order valence-corrected chi connectivity index (χ0v) is 21.9. The fourth-order valence-electron chi connectivity index (χ4n) is 4.57. The van der Waals surface area contributed by atoms with E-state index in [-0.39, 0.29) is 18.9 Å². The Balaban J connectivity index is 1.46. The summed E-state index contributed by atoms with van der Waals surface area (Å²) in [5.41, 5.74) is 5.01. The van der Waals surface area contributed by atoms with E-state index in [1.807, 2.05) is 48.9 Å². The van der Waals surface area contributed by atoms with Gasteiger partial charge in [0.1, 0.15) is 11.6 Å². The van der Waals surface area contributed by atoms with Crippen LogP contribution in [-0.2, 0) is 23.0 Å². The number of benzene rings is 2. The highest BCUT2D eigenvalue weighted by atomic mass is 32.2. The molecule has 0 saturated heterocycles. The van der Waals surface area contributed by atoms with E-state index in [1.54, 1.807) is 30.5 Å². The lowest BCUT2D eigenvalue weighted by Gasteiger charge is -2.23. The van der Waals surface area contributed by atoms with Crippen LogP contribution in [0.3, 0.4) is 0 Å². The molecule has 0 atom stereocenters. The second-order valence-electron chi connectivity index (χ2n) is 8.91. The quantitative estimate of drug-likeness (QED) is 0.245. The molecule has 5 rings (SSSR count). The number of furan rings is 1. The zero-order valence-electron chi connectivity index (χ0n) is 20.2. The molecule has 9 heteroatoms. The van der Waals surface area contributed by atoms with Gasteiger partial charge in [0.05, 0.1) is 23.4 Å². The Labute approximate surface area is 213 Å². The van der Waals surface area contributed by atoms with Gasteiger partial charge in [0.15, 0.2) is 4.96 Å². The van der Waals surface area contributed by atoms with Crippen LogP contribution < -0.4 is 0 Å². The van der Waals surface area contributed by atoms with Crippen molar-refractivity contribution in [3.05, 3.63) is 100 Å².